The van der Waals surface area contributed by atoms with Crippen LogP contribution in [0.3, 0.4) is 0 Å². The topological polar surface area (TPSA) is 56.7 Å². The van der Waals surface area contributed by atoms with Gasteiger partial charge in [0, 0.05) is 18.9 Å². The van der Waals surface area contributed by atoms with Crippen molar-refractivity contribution in [2.24, 2.45) is 17.1 Å². The van der Waals surface area contributed by atoms with E-state index in [0.29, 0.717) is 17.3 Å². The third-order valence-corrected chi connectivity index (χ3v) is 4.98. The normalized spacial score (nSPS) is 30.4. The molecule has 2 unspecified atom stereocenters. The van der Waals surface area contributed by atoms with Crippen LogP contribution in [0.4, 0.5) is 0 Å². The van der Waals surface area contributed by atoms with Gasteiger partial charge in [-0.2, -0.15) is 0 Å². The zero-order valence-corrected chi connectivity index (χ0v) is 11.5. The predicted molar refractivity (Wildman–Crippen MR) is 71.3 cm³/mol. The Kier molecular flexibility index (Phi) is 2.93. The molecule has 0 spiro atoms. The van der Waals surface area contributed by atoms with Gasteiger partial charge in [0.05, 0.1) is 0 Å². The molecule has 0 aromatic carbocycles. The third kappa shape index (κ3) is 1.87. The summed E-state index contributed by atoms with van der Waals surface area (Å²) >= 11 is 0. The number of hydrogen-bond acceptors (Lipinski definition) is 3. The second-order valence-electron chi connectivity index (χ2n) is 6.66. The summed E-state index contributed by atoms with van der Waals surface area (Å²) in [6, 6.07) is 0. The van der Waals surface area contributed by atoms with E-state index >= 15 is 0 Å². The maximum absolute atomic E-state index is 5.83. The highest BCUT2D eigenvalue weighted by Crippen LogP contribution is 2.48. The third-order valence-electron chi connectivity index (χ3n) is 4.98. The van der Waals surface area contributed by atoms with Gasteiger partial charge in [0.1, 0.15) is 11.6 Å². The minimum atomic E-state index is 0.374. The van der Waals surface area contributed by atoms with Gasteiger partial charge in [-0.1, -0.05) is 20.3 Å². The standard InChI is InChI=1S/C14H24N4/c1-14(2)7-3-4-11(14)13-17-16-12-6-5-10(8-15)9-18(12)13/h10-11H,3-9,15H2,1-2H3. The van der Waals surface area contributed by atoms with Crippen molar-refractivity contribution in [2.45, 2.75) is 58.4 Å². The molecule has 3 rings (SSSR count). The van der Waals surface area contributed by atoms with Crippen molar-refractivity contribution in [3.63, 3.8) is 0 Å². The van der Waals surface area contributed by atoms with E-state index in [1.165, 1.54) is 37.3 Å². The summed E-state index contributed by atoms with van der Waals surface area (Å²) in [4.78, 5) is 0. The monoisotopic (exact) mass is 248 g/mol. The summed E-state index contributed by atoms with van der Waals surface area (Å²) in [5.41, 5.74) is 6.21. The fourth-order valence-electron chi connectivity index (χ4n) is 3.67. The highest BCUT2D eigenvalue weighted by atomic mass is 15.3. The van der Waals surface area contributed by atoms with Crippen LogP contribution in [0.5, 0.6) is 0 Å². The molecule has 1 aromatic heterocycles. The number of aryl methyl sites for hydroxylation is 1. The minimum absolute atomic E-state index is 0.374. The van der Waals surface area contributed by atoms with Crippen molar-refractivity contribution in [2.75, 3.05) is 6.54 Å². The number of fused-ring (bicyclic) bond motifs is 1. The van der Waals surface area contributed by atoms with E-state index < -0.39 is 0 Å². The van der Waals surface area contributed by atoms with Gasteiger partial charge in [-0.25, -0.2) is 0 Å². The molecule has 0 radical (unpaired) electrons. The average molecular weight is 248 g/mol. The first-order chi connectivity index (χ1) is 8.62. The SMILES string of the molecule is CC1(C)CCCC1c1nnc2n1CC(CN)CC2. The number of nitrogens with zero attached hydrogens (tertiary/aromatic N) is 3. The zero-order valence-electron chi connectivity index (χ0n) is 11.5. The fraction of sp³-hybridized carbons (Fsp3) is 0.857. The second-order valence-corrected chi connectivity index (χ2v) is 6.66. The number of hydrogen-bond donors (Lipinski definition) is 1. The van der Waals surface area contributed by atoms with Crippen LogP contribution in [-0.2, 0) is 13.0 Å². The van der Waals surface area contributed by atoms with Gasteiger partial charge < -0.3 is 10.3 Å². The second kappa shape index (κ2) is 4.34. The van der Waals surface area contributed by atoms with E-state index in [9.17, 15) is 0 Å². The maximum Gasteiger partial charge on any atom is 0.136 e. The Morgan fingerprint density at radius 2 is 2.17 bits per heavy atom. The molecule has 4 nitrogen and oxygen atoms in total. The van der Waals surface area contributed by atoms with Crippen molar-refractivity contribution in [3.8, 4) is 0 Å². The van der Waals surface area contributed by atoms with E-state index in [1.807, 2.05) is 0 Å². The van der Waals surface area contributed by atoms with E-state index in [2.05, 4.69) is 28.6 Å². The van der Waals surface area contributed by atoms with Crippen molar-refractivity contribution in [3.05, 3.63) is 11.6 Å². The Labute approximate surface area is 109 Å². The van der Waals surface area contributed by atoms with Crippen LogP contribution < -0.4 is 5.73 Å². The van der Waals surface area contributed by atoms with E-state index in [0.717, 1.165) is 19.5 Å². The summed E-state index contributed by atoms with van der Waals surface area (Å²) in [6.07, 6.45) is 6.10. The van der Waals surface area contributed by atoms with Crippen LogP contribution in [0, 0.1) is 11.3 Å². The van der Waals surface area contributed by atoms with Gasteiger partial charge in [0.2, 0.25) is 0 Å². The van der Waals surface area contributed by atoms with Crippen molar-refractivity contribution in [1.29, 1.82) is 0 Å². The minimum Gasteiger partial charge on any atom is -0.330 e. The highest BCUT2D eigenvalue weighted by molar-refractivity contribution is 5.11. The molecule has 0 amide bonds. The molecular formula is C14H24N4. The summed E-state index contributed by atoms with van der Waals surface area (Å²) in [5.74, 6) is 3.59. The molecule has 0 bridgehead atoms. The van der Waals surface area contributed by atoms with Gasteiger partial charge in [0.15, 0.2) is 0 Å². The van der Waals surface area contributed by atoms with Crippen molar-refractivity contribution in [1.82, 2.24) is 14.8 Å². The fourth-order valence-corrected chi connectivity index (χ4v) is 3.67. The van der Waals surface area contributed by atoms with Crippen molar-refractivity contribution < 1.29 is 0 Å². The van der Waals surface area contributed by atoms with Gasteiger partial charge in [0.25, 0.3) is 0 Å². The molecule has 1 aliphatic heterocycles. The highest BCUT2D eigenvalue weighted by Gasteiger charge is 2.39. The number of rotatable bonds is 2. The van der Waals surface area contributed by atoms with E-state index in [1.54, 1.807) is 0 Å². The van der Waals surface area contributed by atoms with Crippen LogP contribution in [0.1, 0.15) is 57.1 Å². The first-order valence-corrected chi connectivity index (χ1v) is 7.24. The Hall–Kier alpha value is -0.900. The van der Waals surface area contributed by atoms with Crippen LogP contribution in [0.2, 0.25) is 0 Å². The molecule has 2 heterocycles. The maximum atomic E-state index is 5.83. The number of aromatic nitrogens is 3. The molecule has 0 saturated heterocycles. The van der Waals surface area contributed by atoms with Gasteiger partial charge in [-0.05, 0) is 37.1 Å². The van der Waals surface area contributed by atoms with E-state index in [-0.39, 0.29) is 0 Å². The molecule has 1 aromatic rings. The Morgan fingerprint density at radius 1 is 1.33 bits per heavy atom. The van der Waals surface area contributed by atoms with Gasteiger partial charge in [-0.15, -0.1) is 10.2 Å². The summed E-state index contributed by atoms with van der Waals surface area (Å²) in [5, 5.41) is 8.92. The average Bonchev–Trinajstić information content (AvgIpc) is 2.90. The quantitative estimate of drug-likeness (QED) is 0.872. The van der Waals surface area contributed by atoms with E-state index in [4.69, 9.17) is 5.73 Å². The molecule has 1 saturated carbocycles. The molecule has 18 heavy (non-hydrogen) atoms. The first-order valence-electron chi connectivity index (χ1n) is 7.24. The lowest BCUT2D eigenvalue weighted by Gasteiger charge is -2.29. The summed E-state index contributed by atoms with van der Waals surface area (Å²) in [7, 11) is 0. The number of nitrogens with two attached hydrogens (primary N) is 1. The van der Waals surface area contributed by atoms with Crippen LogP contribution in [0.25, 0.3) is 0 Å². The largest absolute Gasteiger partial charge is 0.330 e. The van der Waals surface area contributed by atoms with Gasteiger partial charge >= 0.3 is 0 Å². The summed E-state index contributed by atoms with van der Waals surface area (Å²) < 4.78 is 2.37. The van der Waals surface area contributed by atoms with Crippen LogP contribution in [-0.4, -0.2) is 21.3 Å². The molecule has 2 atom stereocenters. The zero-order chi connectivity index (χ0) is 12.8. The molecule has 100 valence electrons. The van der Waals surface area contributed by atoms with Gasteiger partial charge in [-0.3, -0.25) is 0 Å². The Balaban J connectivity index is 1.92. The van der Waals surface area contributed by atoms with Crippen LogP contribution >= 0.6 is 0 Å². The lowest BCUT2D eigenvalue weighted by molar-refractivity contribution is 0.298. The van der Waals surface area contributed by atoms with Crippen molar-refractivity contribution >= 4 is 0 Å². The summed E-state index contributed by atoms with van der Waals surface area (Å²) in [6.45, 7) is 6.55. The first kappa shape index (κ1) is 12.2. The Morgan fingerprint density at radius 3 is 2.83 bits per heavy atom. The molecule has 1 aliphatic carbocycles. The predicted octanol–water partition coefficient (Wildman–Crippen LogP) is 2.09. The smallest absolute Gasteiger partial charge is 0.136 e. The molecule has 2 N–H and O–H groups in total. The lowest BCUT2D eigenvalue weighted by Crippen LogP contribution is -2.29. The molecule has 4 heteroatoms. The van der Waals surface area contributed by atoms with Crippen LogP contribution in [0.15, 0.2) is 0 Å². The molecular weight excluding hydrogens is 224 g/mol. The lowest BCUT2D eigenvalue weighted by atomic mass is 9.81. The molecule has 2 aliphatic rings. The molecule has 1 fully saturated rings. The Bertz CT molecular complexity index is 435.